The van der Waals surface area contributed by atoms with Gasteiger partial charge in [-0.05, 0) is 0 Å². The summed E-state index contributed by atoms with van der Waals surface area (Å²) in [5.74, 6) is -1.49. The zero-order valence-electron chi connectivity index (χ0n) is 11.5. The number of esters is 2. The average molecular weight is 316 g/mol. The minimum Gasteiger partial charge on any atom is -0.455 e. The predicted molar refractivity (Wildman–Crippen MR) is 58.8 cm³/mol. The topological polar surface area (TPSA) is 80.3 Å². The molecule has 0 saturated carbocycles. The fourth-order valence-corrected chi connectivity index (χ4v) is 1.84. The van der Waals surface area contributed by atoms with E-state index in [2.05, 4.69) is 4.74 Å². The van der Waals surface area contributed by atoms with Crippen molar-refractivity contribution < 1.29 is 46.4 Å². The van der Waals surface area contributed by atoms with E-state index < -0.39 is 49.5 Å². The molecule has 7 nitrogen and oxygen atoms in total. The molecule has 0 aromatic heterocycles. The maximum atomic E-state index is 12.1. The van der Waals surface area contributed by atoms with Gasteiger partial charge in [0, 0.05) is 21.0 Å². The van der Waals surface area contributed by atoms with Crippen molar-refractivity contribution in [1.82, 2.24) is 0 Å². The third-order valence-corrected chi connectivity index (χ3v) is 2.52. The van der Waals surface area contributed by atoms with Gasteiger partial charge in [0.15, 0.2) is 18.5 Å². The molecule has 1 saturated heterocycles. The highest BCUT2D eigenvalue weighted by molar-refractivity contribution is 5.67. The third kappa shape index (κ3) is 5.48. The van der Waals surface area contributed by atoms with Gasteiger partial charge in [0.25, 0.3) is 0 Å². The monoisotopic (exact) mass is 316 g/mol. The van der Waals surface area contributed by atoms with E-state index >= 15 is 0 Å². The number of carbonyl (C=O) groups excluding carboxylic acids is 2. The van der Waals surface area contributed by atoms with Crippen LogP contribution in [0.2, 0.25) is 0 Å². The molecule has 0 aromatic carbocycles. The molecular weight excluding hydrogens is 301 g/mol. The van der Waals surface area contributed by atoms with Crippen LogP contribution in [0.4, 0.5) is 13.2 Å². The number of methoxy groups -OCH3 is 1. The molecule has 122 valence electrons. The van der Waals surface area contributed by atoms with Crippen LogP contribution in [0.15, 0.2) is 0 Å². The van der Waals surface area contributed by atoms with Crippen LogP contribution in [0.5, 0.6) is 0 Å². The number of hydrogen-bond acceptors (Lipinski definition) is 7. The Bertz CT molecular complexity index is 385. The van der Waals surface area contributed by atoms with Crippen molar-refractivity contribution in [2.45, 2.75) is 44.8 Å². The Kier molecular flexibility index (Phi) is 5.93. The lowest BCUT2D eigenvalue weighted by atomic mass is 10.1. The molecule has 0 spiro atoms. The summed E-state index contributed by atoms with van der Waals surface area (Å²) in [5.41, 5.74) is 0. The molecule has 0 aromatic rings. The van der Waals surface area contributed by atoms with Crippen LogP contribution in [0, 0.1) is 0 Å². The summed E-state index contributed by atoms with van der Waals surface area (Å²) in [6.07, 6.45) is -9.77. The summed E-state index contributed by atoms with van der Waals surface area (Å²) in [5, 5.41) is 0. The Hall–Kier alpha value is -1.39. The molecule has 1 heterocycles. The van der Waals surface area contributed by atoms with Crippen LogP contribution in [0.25, 0.3) is 0 Å². The van der Waals surface area contributed by atoms with Crippen molar-refractivity contribution in [1.29, 1.82) is 0 Å². The molecule has 0 N–H and O–H groups in total. The number of carbonyl (C=O) groups is 2. The Morgan fingerprint density at radius 2 is 1.62 bits per heavy atom. The van der Waals surface area contributed by atoms with Gasteiger partial charge in [-0.3, -0.25) is 14.3 Å². The average Bonchev–Trinajstić information content (AvgIpc) is 2.63. The maximum Gasteiger partial charge on any atom is 0.522 e. The van der Waals surface area contributed by atoms with Crippen molar-refractivity contribution in [3.8, 4) is 0 Å². The van der Waals surface area contributed by atoms with E-state index in [4.69, 9.17) is 18.9 Å². The standard InChI is InChI=1S/C11H15F3O7/c1-5(15)19-8-7(4-18-11(12,13)14)21-10(17-3)9(8)20-6(2)16/h7-10H,4H2,1-3H3. The summed E-state index contributed by atoms with van der Waals surface area (Å²) in [7, 11) is 1.21. The highest BCUT2D eigenvalue weighted by atomic mass is 19.4. The second-order valence-electron chi connectivity index (χ2n) is 4.18. The molecule has 21 heavy (non-hydrogen) atoms. The van der Waals surface area contributed by atoms with E-state index in [0.717, 1.165) is 13.8 Å². The molecule has 4 unspecified atom stereocenters. The number of ether oxygens (including phenoxy) is 5. The fraction of sp³-hybridized carbons (Fsp3) is 0.818. The van der Waals surface area contributed by atoms with E-state index in [1.807, 2.05) is 0 Å². The second kappa shape index (κ2) is 7.05. The summed E-state index contributed by atoms with van der Waals surface area (Å²) >= 11 is 0. The Morgan fingerprint density at radius 1 is 1.10 bits per heavy atom. The minimum absolute atomic E-state index is 0.722. The van der Waals surface area contributed by atoms with Crippen LogP contribution in [0.3, 0.4) is 0 Å². The Labute approximate surface area is 118 Å². The third-order valence-electron chi connectivity index (χ3n) is 2.52. The van der Waals surface area contributed by atoms with E-state index in [1.54, 1.807) is 0 Å². The predicted octanol–water partition coefficient (Wildman–Crippen LogP) is 0.758. The fourth-order valence-electron chi connectivity index (χ4n) is 1.84. The van der Waals surface area contributed by atoms with E-state index in [1.165, 1.54) is 7.11 Å². The quantitative estimate of drug-likeness (QED) is 0.693. The highest BCUT2D eigenvalue weighted by Crippen LogP contribution is 2.29. The molecule has 0 bridgehead atoms. The molecule has 0 aliphatic carbocycles. The Balaban J connectivity index is 2.84. The van der Waals surface area contributed by atoms with Crippen LogP contribution >= 0.6 is 0 Å². The summed E-state index contributed by atoms with van der Waals surface area (Å²) in [6.45, 7) is 1.22. The van der Waals surface area contributed by atoms with Crippen molar-refractivity contribution in [3.05, 3.63) is 0 Å². The molecule has 10 heteroatoms. The lowest BCUT2D eigenvalue weighted by molar-refractivity contribution is -0.334. The van der Waals surface area contributed by atoms with Crippen LogP contribution in [-0.2, 0) is 33.3 Å². The SMILES string of the molecule is COC1OC(COC(F)(F)F)C(OC(C)=O)C1OC(C)=O. The molecular formula is C11H15F3O7. The van der Waals surface area contributed by atoms with Gasteiger partial charge in [0.1, 0.15) is 6.10 Å². The van der Waals surface area contributed by atoms with E-state index in [-0.39, 0.29) is 0 Å². The van der Waals surface area contributed by atoms with Gasteiger partial charge in [0.2, 0.25) is 0 Å². The van der Waals surface area contributed by atoms with Crippen molar-refractivity contribution in [3.63, 3.8) is 0 Å². The van der Waals surface area contributed by atoms with Gasteiger partial charge in [-0.2, -0.15) is 0 Å². The van der Waals surface area contributed by atoms with Gasteiger partial charge in [-0.1, -0.05) is 0 Å². The lowest BCUT2D eigenvalue weighted by Crippen LogP contribution is -2.41. The van der Waals surface area contributed by atoms with Gasteiger partial charge >= 0.3 is 18.3 Å². The van der Waals surface area contributed by atoms with Crippen molar-refractivity contribution in [2.24, 2.45) is 0 Å². The smallest absolute Gasteiger partial charge is 0.455 e. The number of rotatable bonds is 5. The highest BCUT2D eigenvalue weighted by Gasteiger charge is 2.50. The van der Waals surface area contributed by atoms with E-state index in [9.17, 15) is 22.8 Å². The van der Waals surface area contributed by atoms with Crippen molar-refractivity contribution >= 4 is 11.9 Å². The van der Waals surface area contributed by atoms with Crippen LogP contribution in [0.1, 0.15) is 13.8 Å². The number of hydrogen-bond donors (Lipinski definition) is 0. The molecule has 0 amide bonds. The zero-order valence-corrected chi connectivity index (χ0v) is 11.5. The molecule has 1 fully saturated rings. The molecule has 1 rings (SSSR count). The zero-order chi connectivity index (χ0) is 16.2. The summed E-state index contributed by atoms with van der Waals surface area (Å²) in [6, 6.07) is 0. The normalized spacial score (nSPS) is 29.2. The molecule has 0 radical (unpaired) electrons. The van der Waals surface area contributed by atoms with Crippen molar-refractivity contribution in [2.75, 3.05) is 13.7 Å². The van der Waals surface area contributed by atoms with Gasteiger partial charge < -0.3 is 18.9 Å². The first-order valence-electron chi connectivity index (χ1n) is 5.87. The first kappa shape index (κ1) is 17.7. The number of halogens is 3. The first-order valence-corrected chi connectivity index (χ1v) is 5.87. The molecule has 1 aliphatic heterocycles. The first-order chi connectivity index (χ1) is 9.64. The maximum absolute atomic E-state index is 12.1. The van der Waals surface area contributed by atoms with Gasteiger partial charge in [0.05, 0.1) is 6.61 Å². The minimum atomic E-state index is -4.87. The van der Waals surface area contributed by atoms with Crippen LogP contribution < -0.4 is 0 Å². The lowest BCUT2D eigenvalue weighted by Gasteiger charge is -2.22. The van der Waals surface area contributed by atoms with Crippen LogP contribution in [-0.4, -0.2) is 56.6 Å². The largest absolute Gasteiger partial charge is 0.522 e. The van der Waals surface area contributed by atoms with Gasteiger partial charge in [-0.15, -0.1) is 13.2 Å². The Morgan fingerprint density at radius 3 is 2.05 bits per heavy atom. The number of alkyl halides is 3. The second-order valence-corrected chi connectivity index (χ2v) is 4.18. The van der Waals surface area contributed by atoms with E-state index in [0.29, 0.717) is 0 Å². The molecule has 4 atom stereocenters. The van der Waals surface area contributed by atoms with Gasteiger partial charge in [-0.25, -0.2) is 0 Å². The summed E-state index contributed by atoms with van der Waals surface area (Å²) < 4.78 is 59.7. The molecule has 1 aliphatic rings. The summed E-state index contributed by atoms with van der Waals surface area (Å²) in [4.78, 5) is 22.1.